The second-order valence-corrected chi connectivity index (χ2v) is 6.37. The molecule has 140 valence electrons. The van der Waals surface area contributed by atoms with E-state index in [0.29, 0.717) is 22.5 Å². The number of aromatic nitrogens is 5. The van der Waals surface area contributed by atoms with Crippen molar-refractivity contribution in [3.05, 3.63) is 84.7 Å². The van der Waals surface area contributed by atoms with Gasteiger partial charge >= 0.3 is 0 Å². The molecule has 5 aromatic rings. The van der Waals surface area contributed by atoms with Crippen LogP contribution in [0.1, 0.15) is 10.4 Å². The van der Waals surface area contributed by atoms with Gasteiger partial charge in [0.2, 0.25) is 0 Å². The third kappa shape index (κ3) is 3.23. The summed E-state index contributed by atoms with van der Waals surface area (Å²) in [6, 6.07) is 22.2. The van der Waals surface area contributed by atoms with Gasteiger partial charge < -0.3 is 9.84 Å². The van der Waals surface area contributed by atoms with Crippen LogP contribution in [0.2, 0.25) is 0 Å². The summed E-state index contributed by atoms with van der Waals surface area (Å²) in [5.74, 6) is 0.400. The van der Waals surface area contributed by atoms with E-state index < -0.39 is 0 Å². The summed E-state index contributed by atoms with van der Waals surface area (Å²) in [7, 11) is 0. The highest BCUT2D eigenvalue weighted by Gasteiger charge is 2.14. The molecule has 5 rings (SSSR count). The standard InChI is InChI=1S/C21H14N6O2/c28-21(23-16-7-4-8-17(12-16)27-13-22-25-26-27)15-9-10-19-18(11-15)20(29-24-19)14-5-2-1-3-6-14/h1-13H,(H,23,28). The number of benzene rings is 3. The van der Waals surface area contributed by atoms with Crippen molar-refractivity contribution in [1.82, 2.24) is 25.4 Å². The first-order valence-electron chi connectivity index (χ1n) is 8.87. The molecule has 0 aliphatic carbocycles. The number of rotatable bonds is 4. The molecule has 0 saturated heterocycles. The van der Waals surface area contributed by atoms with E-state index in [1.807, 2.05) is 42.5 Å². The Kier molecular flexibility index (Phi) is 4.06. The molecule has 0 saturated carbocycles. The number of amides is 1. The summed E-state index contributed by atoms with van der Waals surface area (Å²) in [4.78, 5) is 12.8. The van der Waals surface area contributed by atoms with E-state index in [0.717, 1.165) is 16.6 Å². The van der Waals surface area contributed by atoms with E-state index in [9.17, 15) is 4.79 Å². The van der Waals surface area contributed by atoms with Crippen LogP contribution in [0.3, 0.4) is 0 Å². The van der Waals surface area contributed by atoms with Gasteiger partial charge in [-0.2, -0.15) is 0 Å². The van der Waals surface area contributed by atoms with Crippen LogP contribution in [0.15, 0.2) is 83.6 Å². The van der Waals surface area contributed by atoms with Crippen molar-refractivity contribution < 1.29 is 9.32 Å². The van der Waals surface area contributed by atoms with Crippen LogP contribution in [0.4, 0.5) is 5.69 Å². The maximum Gasteiger partial charge on any atom is 0.255 e. The number of hydrogen-bond acceptors (Lipinski definition) is 6. The Morgan fingerprint density at radius 1 is 0.966 bits per heavy atom. The van der Waals surface area contributed by atoms with Crippen molar-refractivity contribution in [1.29, 1.82) is 0 Å². The molecule has 2 aromatic heterocycles. The third-order valence-corrected chi connectivity index (χ3v) is 4.49. The van der Waals surface area contributed by atoms with Crippen LogP contribution in [0, 0.1) is 0 Å². The molecule has 2 heterocycles. The maximum atomic E-state index is 12.8. The van der Waals surface area contributed by atoms with Crippen molar-refractivity contribution in [2.45, 2.75) is 0 Å². The van der Waals surface area contributed by atoms with Gasteiger partial charge in [0.15, 0.2) is 5.76 Å². The molecule has 0 bridgehead atoms. The first kappa shape index (κ1) is 16.8. The fourth-order valence-electron chi connectivity index (χ4n) is 3.09. The molecule has 0 radical (unpaired) electrons. The van der Waals surface area contributed by atoms with Gasteiger partial charge in [0, 0.05) is 16.8 Å². The number of tetrazole rings is 1. The van der Waals surface area contributed by atoms with Gasteiger partial charge in [-0.05, 0) is 46.8 Å². The molecule has 0 aliphatic rings. The van der Waals surface area contributed by atoms with Crippen molar-refractivity contribution in [2.75, 3.05) is 5.32 Å². The second kappa shape index (κ2) is 7.01. The molecule has 0 unspecified atom stereocenters. The lowest BCUT2D eigenvalue weighted by Gasteiger charge is -2.07. The monoisotopic (exact) mass is 382 g/mol. The molecule has 0 fully saturated rings. The van der Waals surface area contributed by atoms with Gasteiger partial charge in [-0.1, -0.05) is 41.6 Å². The van der Waals surface area contributed by atoms with Crippen LogP contribution in [-0.2, 0) is 0 Å². The fourth-order valence-corrected chi connectivity index (χ4v) is 3.09. The highest BCUT2D eigenvalue weighted by Crippen LogP contribution is 2.29. The second-order valence-electron chi connectivity index (χ2n) is 6.37. The first-order valence-corrected chi connectivity index (χ1v) is 8.87. The van der Waals surface area contributed by atoms with Gasteiger partial charge in [0.05, 0.1) is 11.1 Å². The Morgan fingerprint density at radius 3 is 2.69 bits per heavy atom. The lowest BCUT2D eigenvalue weighted by atomic mass is 10.1. The molecule has 0 spiro atoms. The number of carbonyl (C=O) groups excluding carboxylic acids is 1. The molecule has 0 aliphatic heterocycles. The van der Waals surface area contributed by atoms with Crippen LogP contribution >= 0.6 is 0 Å². The summed E-state index contributed by atoms with van der Waals surface area (Å²) >= 11 is 0. The van der Waals surface area contributed by atoms with E-state index >= 15 is 0 Å². The average molecular weight is 382 g/mol. The summed E-state index contributed by atoms with van der Waals surface area (Å²) in [5.41, 5.74) is 3.49. The highest BCUT2D eigenvalue weighted by molar-refractivity contribution is 6.07. The Hall–Kier alpha value is -4.33. The summed E-state index contributed by atoms with van der Waals surface area (Å²) < 4.78 is 7.03. The van der Waals surface area contributed by atoms with E-state index in [-0.39, 0.29) is 5.91 Å². The Labute approximate surface area is 164 Å². The Morgan fingerprint density at radius 2 is 1.86 bits per heavy atom. The minimum Gasteiger partial charge on any atom is -0.355 e. The summed E-state index contributed by atoms with van der Waals surface area (Å²) in [5, 5.41) is 18.9. The highest BCUT2D eigenvalue weighted by atomic mass is 16.5. The van der Waals surface area contributed by atoms with Crippen molar-refractivity contribution >= 4 is 22.5 Å². The molecule has 0 atom stereocenters. The van der Waals surface area contributed by atoms with Crippen LogP contribution in [0.25, 0.3) is 27.9 Å². The maximum absolute atomic E-state index is 12.8. The predicted octanol–water partition coefficient (Wildman–Crippen LogP) is 3.72. The van der Waals surface area contributed by atoms with Crippen molar-refractivity contribution in [2.24, 2.45) is 0 Å². The average Bonchev–Trinajstić information content (AvgIpc) is 3.44. The molecule has 1 amide bonds. The largest absolute Gasteiger partial charge is 0.355 e. The fraction of sp³-hybridized carbons (Fsp3) is 0. The number of nitrogens with one attached hydrogen (secondary N) is 1. The van der Waals surface area contributed by atoms with Gasteiger partial charge in [-0.3, -0.25) is 4.79 Å². The smallest absolute Gasteiger partial charge is 0.255 e. The third-order valence-electron chi connectivity index (χ3n) is 4.49. The zero-order valence-electron chi connectivity index (χ0n) is 15.1. The zero-order valence-corrected chi connectivity index (χ0v) is 15.1. The molecule has 8 heteroatoms. The van der Waals surface area contributed by atoms with Crippen LogP contribution < -0.4 is 5.32 Å². The summed E-state index contributed by atoms with van der Waals surface area (Å²) in [6.45, 7) is 0. The predicted molar refractivity (Wildman–Crippen MR) is 107 cm³/mol. The van der Waals surface area contributed by atoms with Gasteiger partial charge in [-0.15, -0.1) is 5.10 Å². The molecule has 1 N–H and O–H groups in total. The number of carbonyl (C=O) groups is 1. The minimum atomic E-state index is -0.235. The topological polar surface area (TPSA) is 98.7 Å². The Bertz CT molecular complexity index is 1300. The molecule has 8 nitrogen and oxygen atoms in total. The number of anilines is 1. The summed E-state index contributed by atoms with van der Waals surface area (Å²) in [6.07, 6.45) is 1.49. The quantitative estimate of drug-likeness (QED) is 0.509. The van der Waals surface area contributed by atoms with Gasteiger partial charge in [-0.25, -0.2) is 4.68 Å². The normalized spacial score (nSPS) is 10.9. The SMILES string of the molecule is O=C(Nc1cccc(-n2cnnn2)c1)c1ccc2noc(-c3ccccc3)c2c1. The Balaban J connectivity index is 1.45. The number of hydrogen-bond donors (Lipinski definition) is 1. The van der Waals surface area contributed by atoms with Crippen LogP contribution in [0.5, 0.6) is 0 Å². The first-order chi connectivity index (χ1) is 14.3. The zero-order chi connectivity index (χ0) is 19.6. The van der Waals surface area contributed by atoms with Gasteiger partial charge in [0.25, 0.3) is 5.91 Å². The van der Waals surface area contributed by atoms with E-state index in [1.54, 1.807) is 30.3 Å². The molecule has 29 heavy (non-hydrogen) atoms. The van der Waals surface area contributed by atoms with Crippen LogP contribution in [-0.4, -0.2) is 31.3 Å². The minimum absolute atomic E-state index is 0.235. The molecular formula is C21H14N6O2. The molecule has 3 aromatic carbocycles. The lowest BCUT2D eigenvalue weighted by molar-refractivity contribution is 0.102. The lowest BCUT2D eigenvalue weighted by Crippen LogP contribution is -2.12. The van der Waals surface area contributed by atoms with E-state index in [2.05, 4.69) is 26.0 Å². The number of nitrogens with zero attached hydrogens (tertiary/aromatic N) is 5. The molecular weight excluding hydrogens is 368 g/mol. The van der Waals surface area contributed by atoms with Crippen molar-refractivity contribution in [3.8, 4) is 17.0 Å². The van der Waals surface area contributed by atoms with E-state index in [1.165, 1.54) is 11.0 Å². The van der Waals surface area contributed by atoms with E-state index in [4.69, 9.17) is 4.52 Å². The van der Waals surface area contributed by atoms with Crippen molar-refractivity contribution in [3.63, 3.8) is 0 Å². The number of fused-ring (bicyclic) bond motifs is 1. The van der Waals surface area contributed by atoms with Gasteiger partial charge in [0.1, 0.15) is 11.8 Å².